The maximum atomic E-state index is 12.3. The first-order valence-electron chi connectivity index (χ1n) is 6.37. The molecular formula is C14H9F3N4O2. The van der Waals surface area contributed by atoms with Crippen LogP contribution in [0.2, 0.25) is 0 Å². The Labute approximate surface area is 127 Å². The molecule has 23 heavy (non-hydrogen) atoms. The topological polar surface area (TPSA) is 81.0 Å². The van der Waals surface area contributed by atoms with Gasteiger partial charge in [0.15, 0.2) is 22.8 Å². The highest BCUT2D eigenvalue weighted by molar-refractivity contribution is 5.71. The lowest BCUT2D eigenvalue weighted by atomic mass is 10.1. The summed E-state index contributed by atoms with van der Waals surface area (Å²) in [6.07, 6.45) is -2.04. The Bertz CT molecular complexity index is 884. The number of nitrogens with zero attached hydrogens (tertiary/aromatic N) is 4. The second-order valence-corrected chi connectivity index (χ2v) is 4.64. The van der Waals surface area contributed by atoms with Crippen molar-refractivity contribution in [2.75, 3.05) is 0 Å². The van der Waals surface area contributed by atoms with E-state index in [1.807, 2.05) is 0 Å². The molecule has 2 heterocycles. The molecule has 0 amide bonds. The Morgan fingerprint density at radius 2 is 1.74 bits per heavy atom. The SMILES string of the molecule is Cc1cnc2nc(-c3ccc(O)c(OC(F)(F)F)c3)cnc2n1. The van der Waals surface area contributed by atoms with Crippen LogP contribution in [-0.4, -0.2) is 31.4 Å². The van der Waals surface area contributed by atoms with Gasteiger partial charge in [-0.3, -0.25) is 0 Å². The zero-order valence-electron chi connectivity index (χ0n) is 11.7. The number of phenols is 1. The second-order valence-electron chi connectivity index (χ2n) is 4.64. The summed E-state index contributed by atoms with van der Waals surface area (Å²) < 4.78 is 40.7. The van der Waals surface area contributed by atoms with E-state index in [2.05, 4.69) is 24.7 Å². The summed E-state index contributed by atoms with van der Waals surface area (Å²) in [7, 11) is 0. The highest BCUT2D eigenvalue weighted by Gasteiger charge is 2.32. The Balaban J connectivity index is 2.04. The molecule has 2 aromatic heterocycles. The Kier molecular flexibility index (Phi) is 3.47. The van der Waals surface area contributed by atoms with Gasteiger partial charge in [-0.15, -0.1) is 13.2 Å². The molecule has 1 aromatic carbocycles. The summed E-state index contributed by atoms with van der Waals surface area (Å²) in [5, 5.41) is 9.46. The van der Waals surface area contributed by atoms with E-state index in [4.69, 9.17) is 0 Å². The zero-order valence-corrected chi connectivity index (χ0v) is 11.7. The number of phenolic OH excluding ortho intramolecular Hbond substituents is 1. The highest BCUT2D eigenvalue weighted by Crippen LogP contribution is 2.34. The molecule has 0 aliphatic rings. The molecule has 0 aliphatic carbocycles. The molecule has 0 saturated heterocycles. The van der Waals surface area contributed by atoms with Gasteiger partial charge in [0.1, 0.15) is 0 Å². The Morgan fingerprint density at radius 1 is 1.04 bits per heavy atom. The number of aromatic nitrogens is 4. The van der Waals surface area contributed by atoms with Gasteiger partial charge in [0.25, 0.3) is 0 Å². The van der Waals surface area contributed by atoms with Crippen LogP contribution < -0.4 is 4.74 Å². The van der Waals surface area contributed by atoms with Crippen molar-refractivity contribution in [2.45, 2.75) is 13.3 Å². The van der Waals surface area contributed by atoms with Crippen LogP contribution in [0.5, 0.6) is 11.5 Å². The van der Waals surface area contributed by atoms with Crippen molar-refractivity contribution < 1.29 is 23.0 Å². The second kappa shape index (κ2) is 5.34. The summed E-state index contributed by atoms with van der Waals surface area (Å²) >= 11 is 0. The third-order valence-electron chi connectivity index (χ3n) is 2.87. The van der Waals surface area contributed by atoms with Crippen LogP contribution in [0.15, 0.2) is 30.6 Å². The summed E-state index contributed by atoms with van der Waals surface area (Å²) in [4.78, 5) is 16.5. The largest absolute Gasteiger partial charge is 0.573 e. The summed E-state index contributed by atoms with van der Waals surface area (Å²) in [5.74, 6) is -1.35. The van der Waals surface area contributed by atoms with Gasteiger partial charge in [-0.1, -0.05) is 0 Å². The number of rotatable bonds is 2. The average molecular weight is 322 g/mol. The predicted molar refractivity (Wildman–Crippen MR) is 73.6 cm³/mol. The van der Waals surface area contributed by atoms with E-state index < -0.39 is 17.9 Å². The van der Waals surface area contributed by atoms with Crippen molar-refractivity contribution in [3.05, 3.63) is 36.3 Å². The molecule has 1 N–H and O–H groups in total. The lowest BCUT2D eigenvalue weighted by molar-refractivity contribution is -0.275. The third kappa shape index (κ3) is 3.28. The number of benzene rings is 1. The van der Waals surface area contributed by atoms with Crippen molar-refractivity contribution in [3.63, 3.8) is 0 Å². The molecule has 0 fully saturated rings. The third-order valence-corrected chi connectivity index (χ3v) is 2.87. The van der Waals surface area contributed by atoms with E-state index >= 15 is 0 Å². The molecular weight excluding hydrogens is 313 g/mol. The van der Waals surface area contributed by atoms with E-state index in [-0.39, 0.29) is 11.3 Å². The molecule has 0 atom stereocenters. The van der Waals surface area contributed by atoms with Gasteiger partial charge in [-0.2, -0.15) is 0 Å². The Hall–Kier alpha value is -2.97. The number of ether oxygens (including phenoxy) is 1. The maximum absolute atomic E-state index is 12.3. The average Bonchev–Trinajstić information content (AvgIpc) is 2.47. The summed E-state index contributed by atoms with van der Waals surface area (Å²) in [5.41, 5.74) is 1.84. The summed E-state index contributed by atoms with van der Waals surface area (Å²) in [6.45, 7) is 1.75. The maximum Gasteiger partial charge on any atom is 0.573 e. The van der Waals surface area contributed by atoms with E-state index in [9.17, 15) is 18.3 Å². The van der Waals surface area contributed by atoms with Crippen molar-refractivity contribution >= 4 is 11.3 Å². The van der Waals surface area contributed by atoms with Crippen molar-refractivity contribution in [1.29, 1.82) is 0 Å². The van der Waals surface area contributed by atoms with Gasteiger partial charge in [-0.05, 0) is 25.1 Å². The van der Waals surface area contributed by atoms with Crippen molar-refractivity contribution in [1.82, 2.24) is 19.9 Å². The van der Waals surface area contributed by atoms with Crippen LogP contribution in [0, 0.1) is 6.92 Å². The van der Waals surface area contributed by atoms with Gasteiger partial charge in [0.05, 0.1) is 23.8 Å². The molecule has 0 unspecified atom stereocenters. The first-order valence-corrected chi connectivity index (χ1v) is 6.37. The number of alkyl halides is 3. The zero-order chi connectivity index (χ0) is 16.6. The molecule has 3 aromatic rings. The smallest absolute Gasteiger partial charge is 0.504 e. The predicted octanol–water partition coefficient (Wildman–Crippen LogP) is 3.00. The number of fused-ring (bicyclic) bond motifs is 1. The molecule has 0 saturated carbocycles. The first-order chi connectivity index (χ1) is 10.8. The minimum Gasteiger partial charge on any atom is -0.504 e. The van der Waals surface area contributed by atoms with Gasteiger partial charge in [0.2, 0.25) is 0 Å². The van der Waals surface area contributed by atoms with Crippen LogP contribution in [-0.2, 0) is 0 Å². The number of hydrogen-bond donors (Lipinski definition) is 1. The molecule has 0 radical (unpaired) electrons. The number of halogens is 3. The molecule has 3 rings (SSSR count). The van der Waals surface area contributed by atoms with Crippen molar-refractivity contribution in [3.8, 4) is 22.8 Å². The lowest BCUT2D eigenvalue weighted by Crippen LogP contribution is -2.17. The molecule has 0 aliphatic heterocycles. The number of hydrogen-bond acceptors (Lipinski definition) is 6. The molecule has 0 bridgehead atoms. The van der Waals surface area contributed by atoms with Gasteiger partial charge in [0, 0.05) is 5.56 Å². The van der Waals surface area contributed by atoms with Crippen LogP contribution in [0.3, 0.4) is 0 Å². The minimum absolute atomic E-state index is 0.263. The fourth-order valence-electron chi connectivity index (χ4n) is 1.91. The number of aromatic hydroxyl groups is 1. The normalized spacial score (nSPS) is 11.7. The Morgan fingerprint density at radius 3 is 2.48 bits per heavy atom. The molecule has 0 spiro atoms. The summed E-state index contributed by atoms with van der Waals surface area (Å²) in [6, 6.07) is 3.51. The lowest BCUT2D eigenvalue weighted by Gasteiger charge is -2.11. The van der Waals surface area contributed by atoms with E-state index in [0.717, 1.165) is 12.1 Å². The first kappa shape index (κ1) is 14.9. The van der Waals surface area contributed by atoms with E-state index in [1.54, 1.807) is 6.92 Å². The van der Waals surface area contributed by atoms with Crippen LogP contribution in [0.25, 0.3) is 22.6 Å². The van der Waals surface area contributed by atoms with E-state index in [0.29, 0.717) is 16.9 Å². The van der Waals surface area contributed by atoms with Gasteiger partial charge < -0.3 is 9.84 Å². The molecule has 6 nitrogen and oxygen atoms in total. The van der Waals surface area contributed by atoms with Crippen molar-refractivity contribution in [2.24, 2.45) is 0 Å². The van der Waals surface area contributed by atoms with E-state index in [1.165, 1.54) is 18.5 Å². The molecule has 118 valence electrons. The van der Waals surface area contributed by atoms with Crippen LogP contribution in [0.1, 0.15) is 5.69 Å². The molecule has 9 heteroatoms. The quantitative estimate of drug-likeness (QED) is 0.781. The highest BCUT2D eigenvalue weighted by atomic mass is 19.4. The fraction of sp³-hybridized carbons (Fsp3) is 0.143. The van der Waals surface area contributed by atoms with Crippen LogP contribution >= 0.6 is 0 Å². The van der Waals surface area contributed by atoms with Gasteiger partial charge in [-0.25, -0.2) is 19.9 Å². The monoisotopic (exact) mass is 322 g/mol. The standard InChI is InChI=1S/C14H9F3N4O2/c1-7-5-18-13-12(20-7)19-6-9(21-13)8-2-3-10(22)11(4-8)23-14(15,16)17/h2-6,22H,1H3. The minimum atomic E-state index is -4.91. The van der Waals surface area contributed by atoms with Gasteiger partial charge >= 0.3 is 6.36 Å². The van der Waals surface area contributed by atoms with Crippen LogP contribution in [0.4, 0.5) is 13.2 Å². The number of aryl methyl sites for hydroxylation is 1. The fourth-order valence-corrected chi connectivity index (χ4v) is 1.91.